The summed E-state index contributed by atoms with van der Waals surface area (Å²) in [6.07, 6.45) is 0.795. The molecule has 1 aliphatic heterocycles. The van der Waals surface area contributed by atoms with E-state index in [1.54, 1.807) is 0 Å². The number of rotatable bonds is 3. The van der Waals surface area contributed by atoms with Crippen molar-refractivity contribution < 1.29 is 9.53 Å². The van der Waals surface area contributed by atoms with E-state index in [4.69, 9.17) is 10.5 Å². The van der Waals surface area contributed by atoms with Crippen LogP contribution < -0.4 is 11.1 Å². The lowest BCUT2D eigenvalue weighted by atomic mass is 10.1. The van der Waals surface area contributed by atoms with Gasteiger partial charge in [-0.1, -0.05) is 12.2 Å². The molecule has 0 radical (unpaired) electrons. The normalized spacial score (nSPS) is 22.2. The molecule has 1 atom stereocenters. The summed E-state index contributed by atoms with van der Waals surface area (Å²) < 4.78 is 5.06. The van der Waals surface area contributed by atoms with Crippen LogP contribution in [0.4, 0.5) is 0 Å². The molecule has 68 valence electrons. The van der Waals surface area contributed by atoms with Crippen molar-refractivity contribution >= 4 is 23.1 Å². The number of hydrogen-bond acceptors (Lipinski definition) is 3. The zero-order valence-electron chi connectivity index (χ0n) is 6.71. The Balaban J connectivity index is 2.23. The van der Waals surface area contributed by atoms with E-state index in [1.165, 1.54) is 0 Å². The number of hydrogen-bond donors (Lipinski definition) is 2. The summed E-state index contributed by atoms with van der Waals surface area (Å²) in [5.74, 6) is -0.0281. The van der Waals surface area contributed by atoms with Crippen molar-refractivity contribution in [3.8, 4) is 0 Å². The van der Waals surface area contributed by atoms with E-state index in [0.29, 0.717) is 18.2 Å². The van der Waals surface area contributed by atoms with Gasteiger partial charge in [0.2, 0.25) is 5.91 Å². The average Bonchev–Trinajstić information content (AvgIpc) is 2.51. The van der Waals surface area contributed by atoms with Crippen molar-refractivity contribution in [2.24, 2.45) is 11.7 Å². The van der Waals surface area contributed by atoms with Crippen LogP contribution in [0.25, 0.3) is 0 Å². The fourth-order valence-corrected chi connectivity index (χ4v) is 1.13. The first kappa shape index (κ1) is 9.41. The maximum absolute atomic E-state index is 11.2. The summed E-state index contributed by atoms with van der Waals surface area (Å²) in [6, 6.07) is 0. The molecule has 1 rings (SSSR count). The van der Waals surface area contributed by atoms with Gasteiger partial charge in [0.05, 0.1) is 24.1 Å². The van der Waals surface area contributed by atoms with Gasteiger partial charge in [0.1, 0.15) is 0 Å². The lowest BCUT2D eigenvalue weighted by molar-refractivity contribution is -0.124. The molecule has 0 aromatic heterocycles. The summed E-state index contributed by atoms with van der Waals surface area (Å²) in [7, 11) is 0. The summed E-state index contributed by atoms with van der Waals surface area (Å²) in [5, 5.41) is 2.64. The second-order valence-electron chi connectivity index (χ2n) is 2.74. The van der Waals surface area contributed by atoms with Gasteiger partial charge in [-0.3, -0.25) is 4.79 Å². The molecule has 0 aromatic carbocycles. The molecule has 1 saturated heterocycles. The number of thiocarbonyl (C=S) groups is 1. The number of carbonyl (C=O) groups is 1. The van der Waals surface area contributed by atoms with E-state index in [-0.39, 0.29) is 18.4 Å². The van der Waals surface area contributed by atoms with Crippen molar-refractivity contribution in [2.75, 3.05) is 19.8 Å². The maximum atomic E-state index is 11.2. The highest BCUT2D eigenvalue weighted by atomic mass is 32.1. The predicted molar refractivity (Wildman–Crippen MR) is 48.7 cm³/mol. The van der Waals surface area contributed by atoms with Gasteiger partial charge in [0.15, 0.2) is 0 Å². The Morgan fingerprint density at radius 2 is 2.50 bits per heavy atom. The number of ether oxygens (including phenoxy) is 1. The van der Waals surface area contributed by atoms with E-state index < -0.39 is 0 Å². The molecule has 12 heavy (non-hydrogen) atoms. The topological polar surface area (TPSA) is 64.3 Å². The highest BCUT2D eigenvalue weighted by Gasteiger charge is 2.22. The molecular formula is C7H12N2O2S. The monoisotopic (exact) mass is 188 g/mol. The van der Waals surface area contributed by atoms with Crippen molar-refractivity contribution in [1.29, 1.82) is 0 Å². The van der Waals surface area contributed by atoms with Crippen molar-refractivity contribution in [3.63, 3.8) is 0 Å². The molecule has 1 fully saturated rings. The van der Waals surface area contributed by atoms with E-state index in [1.807, 2.05) is 0 Å². The van der Waals surface area contributed by atoms with E-state index >= 15 is 0 Å². The van der Waals surface area contributed by atoms with Gasteiger partial charge in [-0.2, -0.15) is 0 Å². The molecule has 5 heteroatoms. The number of nitrogens with one attached hydrogen (secondary N) is 1. The zero-order valence-corrected chi connectivity index (χ0v) is 7.52. The van der Waals surface area contributed by atoms with Gasteiger partial charge in [-0.25, -0.2) is 0 Å². The third kappa shape index (κ3) is 2.75. The molecular weight excluding hydrogens is 176 g/mol. The van der Waals surface area contributed by atoms with Gasteiger partial charge >= 0.3 is 0 Å². The SMILES string of the molecule is NC(=S)CNC(=O)C1CCOC1. The van der Waals surface area contributed by atoms with Crippen LogP contribution in [-0.4, -0.2) is 30.7 Å². The summed E-state index contributed by atoms with van der Waals surface area (Å²) in [4.78, 5) is 11.6. The summed E-state index contributed by atoms with van der Waals surface area (Å²) >= 11 is 4.62. The molecule has 1 aliphatic rings. The molecule has 1 unspecified atom stereocenters. The molecule has 3 N–H and O–H groups in total. The van der Waals surface area contributed by atoms with Crippen LogP contribution in [0.5, 0.6) is 0 Å². The van der Waals surface area contributed by atoms with Crippen LogP contribution in [0.15, 0.2) is 0 Å². The highest BCUT2D eigenvalue weighted by molar-refractivity contribution is 7.80. The quantitative estimate of drug-likeness (QED) is 0.582. The fraction of sp³-hybridized carbons (Fsp3) is 0.714. The fourth-order valence-electron chi connectivity index (χ4n) is 1.06. The van der Waals surface area contributed by atoms with Gasteiger partial charge < -0.3 is 15.8 Å². The first-order valence-corrected chi connectivity index (χ1v) is 4.24. The highest BCUT2D eigenvalue weighted by Crippen LogP contribution is 2.11. The van der Waals surface area contributed by atoms with Crippen LogP contribution in [0, 0.1) is 5.92 Å². The Morgan fingerprint density at radius 3 is 3.00 bits per heavy atom. The minimum absolute atomic E-state index is 0.0136. The minimum atomic E-state index is -0.0145. The van der Waals surface area contributed by atoms with E-state index in [2.05, 4.69) is 17.5 Å². The molecule has 0 spiro atoms. The third-order valence-electron chi connectivity index (χ3n) is 1.74. The van der Waals surface area contributed by atoms with Crippen molar-refractivity contribution in [3.05, 3.63) is 0 Å². The van der Waals surface area contributed by atoms with Crippen LogP contribution in [-0.2, 0) is 9.53 Å². The Kier molecular flexibility index (Phi) is 3.43. The molecule has 1 heterocycles. The predicted octanol–water partition coefficient (Wildman–Crippen LogP) is -0.575. The van der Waals surface area contributed by atoms with Crippen LogP contribution in [0.1, 0.15) is 6.42 Å². The van der Waals surface area contributed by atoms with Crippen LogP contribution in [0.2, 0.25) is 0 Å². The number of amides is 1. The Bertz CT molecular complexity index is 190. The minimum Gasteiger partial charge on any atom is -0.392 e. The second kappa shape index (κ2) is 4.37. The standard InChI is InChI=1S/C7H12N2O2S/c8-6(12)3-9-7(10)5-1-2-11-4-5/h5H,1-4H2,(H2,8,12)(H,9,10). The molecule has 4 nitrogen and oxygen atoms in total. The van der Waals surface area contributed by atoms with Gasteiger partial charge in [-0.05, 0) is 6.42 Å². The molecule has 0 bridgehead atoms. The first-order chi connectivity index (χ1) is 5.70. The third-order valence-corrected chi connectivity index (χ3v) is 1.88. The Hall–Kier alpha value is -0.680. The van der Waals surface area contributed by atoms with Crippen LogP contribution >= 0.6 is 12.2 Å². The molecule has 1 amide bonds. The van der Waals surface area contributed by atoms with Gasteiger partial charge in [0, 0.05) is 6.61 Å². The summed E-state index contributed by atoms with van der Waals surface area (Å²) in [5.41, 5.74) is 5.22. The van der Waals surface area contributed by atoms with Gasteiger partial charge in [0.25, 0.3) is 0 Å². The van der Waals surface area contributed by atoms with Crippen molar-refractivity contribution in [2.45, 2.75) is 6.42 Å². The largest absolute Gasteiger partial charge is 0.392 e. The van der Waals surface area contributed by atoms with Crippen molar-refractivity contribution in [1.82, 2.24) is 5.32 Å². The zero-order chi connectivity index (χ0) is 8.97. The maximum Gasteiger partial charge on any atom is 0.225 e. The smallest absolute Gasteiger partial charge is 0.225 e. The number of nitrogens with two attached hydrogens (primary N) is 1. The van der Waals surface area contributed by atoms with E-state index in [9.17, 15) is 4.79 Å². The Labute approximate surface area is 76.4 Å². The average molecular weight is 188 g/mol. The number of carbonyl (C=O) groups excluding carboxylic acids is 1. The molecule has 0 aliphatic carbocycles. The molecule has 0 saturated carbocycles. The lowest BCUT2D eigenvalue weighted by Crippen LogP contribution is -2.36. The summed E-state index contributed by atoms with van der Waals surface area (Å²) in [6.45, 7) is 1.47. The van der Waals surface area contributed by atoms with E-state index in [0.717, 1.165) is 6.42 Å². The lowest BCUT2D eigenvalue weighted by Gasteiger charge is -2.07. The van der Waals surface area contributed by atoms with Gasteiger partial charge in [-0.15, -0.1) is 0 Å². The Morgan fingerprint density at radius 1 is 1.75 bits per heavy atom. The second-order valence-corrected chi connectivity index (χ2v) is 3.27. The van der Waals surface area contributed by atoms with Crippen LogP contribution in [0.3, 0.4) is 0 Å². The first-order valence-electron chi connectivity index (χ1n) is 3.84. The molecule has 0 aromatic rings.